The number of aromatic nitrogens is 1. The van der Waals surface area contributed by atoms with Gasteiger partial charge >= 0.3 is 5.97 Å². The summed E-state index contributed by atoms with van der Waals surface area (Å²) >= 11 is 1.37. The number of hydrogen-bond acceptors (Lipinski definition) is 9. The Morgan fingerprint density at radius 3 is 2.93 bits per heavy atom. The maximum atomic E-state index is 11.5. The lowest BCUT2D eigenvalue weighted by atomic mass is 10.2. The van der Waals surface area contributed by atoms with E-state index < -0.39 is 0 Å². The third-order valence-corrected chi connectivity index (χ3v) is 4.36. The van der Waals surface area contributed by atoms with Crippen LogP contribution in [0.5, 0.6) is 11.5 Å². The number of hydrogen-bond donors (Lipinski definition) is 1. The largest absolute Gasteiger partial charge is 0.493 e. The summed E-state index contributed by atoms with van der Waals surface area (Å²) in [6.07, 6.45) is 1.80. The van der Waals surface area contributed by atoms with E-state index in [1.807, 2.05) is 37.2 Å². The minimum atomic E-state index is -0.293. The van der Waals surface area contributed by atoms with Crippen molar-refractivity contribution in [2.45, 2.75) is 13.3 Å². The van der Waals surface area contributed by atoms with Crippen LogP contribution in [0.25, 0.3) is 0 Å². The van der Waals surface area contributed by atoms with Crippen LogP contribution in [-0.2, 0) is 16.0 Å². The molecule has 0 aliphatic heterocycles. The lowest BCUT2D eigenvalue weighted by Gasteiger charge is -2.15. The summed E-state index contributed by atoms with van der Waals surface area (Å²) in [5, 5.41) is 6.62. The van der Waals surface area contributed by atoms with Crippen LogP contribution >= 0.6 is 11.3 Å². The molecule has 2 rings (SSSR count). The molecule has 0 radical (unpaired) electrons. The Kier molecular flexibility index (Phi) is 8.70. The number of likely N-dealkylation sites (N-methyl/N-ethyl adjacent to an activating group) is 1. The van der Waals surface area contributed by atoms with E-state index in [2.05, 4.69) is 15.5 Å². The lowest BCUT2D eigenvalue weighted by Crippen LogP contribution is -2.20. The molecule has 152 valence electrons. The van der Waals surface area contributed by atoms with Crippen LogP contribution in [0.15, 0.2) is 28.7 Å². The van der Waals surface area contributed by atoms with Gasteiger partial charge in [-0.05, 0) is 33.2 Å². The average molecular weight is 407 g/mol. The number of carbonyl (C=O) groups excluding carboxylic acids is 1. The second-order valence-electron chi connectivity index (χ2n) is 6.03. The smallest absolute Gasteiger partial charge is 0.311 e. The molecule has 0 aliphatic rings. The Hall–Kier alpha value is -2.65. The first kappa shape index (κ1) is 21.6. The maximum Gasteiger partial charge on any atom is 0.311 e. The molecule has 1 aromatic heterocycles. The molecule has 1 N–H and O–H groups in total. The van der Waals surface area contributed by atoms with E-state index in [0.717, 1.165) is 12.1 Å². The predicted octanol–water partition coefficient (Wildman–Crippen LogP) is 2.64. The first-order valence-electron chi connectivity index (χ1n) is 8.87. The summed E-state index contributed by atoms with van der Waals surface area (Å²) in [6, 6.07) is 5.62. The van der Waals surface area contributed by atoms with Gasteiger partial charge in [0.15, 0.2) is 11.5 Å². The van der Waals surface area contributed by atoms with E-state index in [1.54, 1.807) is 25.6 Å². The molecular formula is C19H26N4O4S. The van der Waals surface area contributed by atoms with Gasteiger partial charge in [0.2, 0.25) is 5.13 Å². The zero-order valence-corrected chi connectivity index (χ0v) is 17.4. The first-order chi connectivity index (χ1) is 13.5. The van der Waals surface area contributed by atoms with E-state index in [-0.39, 0.29) is 12.4 Å². The van der Waals surface area contributed by atoms with E-state index in [4.69, 9.17) is 14.2 Å². The number of anilines is 1. The SMILES string of the molecule is CCOC(=O)Cc1csc(NN=Cc2cccc(OC)c2OCCN(C)C)n1. The molecule has 0 bridgehead atoms. The third-order valence-electron chi connectivity index (χ3n) is 3.56. The molecular weight excluding hydrogens is 380 g/mol. The number of methoxy groups -OCH3 is 1. The Labute approximate surface area is 169 Å². The topological polar surface area (TPSA) is 85.3 Å². The molecule has 0 spiro atoms. The summed E-state index contributed by atoms with van der Waals surface area (Å²) < 4.78 is 16.2. The second-order valence-corrected chi connectivity index (χ2v) is 6.88. The second kappa shape index (κ2) is 11.3. The quantitative estimate of drug-likeness (QED) is 0.349. The average Bonchev–Trinajstić information content (AvgIpc) is 3.09. The van der Waals surface area contributed by atoms with Crippen LogP contribution in [0, 0.1) is 0 Å². The molecule has 9 heteroatoms. The highest BCUT2D eigenvalue weighted by molar-refractivity contribution is 7.13. The number of hydrazone groups is 1. The number of carbonyl (C=O) groups is 1. The van der Waals surface area contributed by atoms with Crippen molar-refractivity contribution in [3.63, 3.8) is 0 Å². The van der Waals surface area contributed by atoms with Gasteiger partial charge in [0, 0.05) is 17.5 Å². The minimum absolute atomic E-state index is 0.148. The van der Waals surface area contributed by atoms with Crippen LogP contribution < -0.4 is 14.9 Å². The molecule has 0 atom stereocenters. The summed E-state index contributed by atoms with van der Waals surface area (Å²) in [4.78, 5) is 17.9. The summed E-state index contributed by atoms with van der Waals surface area (Å²) in [5.74, 6) is 0.993. The van der Waals surface area contributed by atoms with E-state index >= 15 is 0 Å². The molecule has 0 saturated heterocycles. The van der Waals surface area contributed by atoms with Gasteiger partial charge in [0.1, 0.15) is 6.61 Å². The van der Waals surface area contributed by atoms with E-state index in [9.17, 15) is 4.79 Å². The first-order valence-corrected chi connectivity index (χ1v) is 9.75. The monoisotopic (exact) mass is 406 g/mol. The Morgan fingerprint density at radius 2 is 2.21 bits per heavy atom. The van der Waals surface area contributed by atoms with Crippen molar-refractivity contribution >= 4 is 28.7 Å². The number of benzene rings is 1. The highest BCUT2D eigenvalue weighted by Gasteiger charge is 2.10. The Balaban J connectivity index is 2.01. The van der Waals surface area contributed by atoms with E-state index in [0.29, 0.717) is 35.5 Å². The standard InChI is InChI=1S/C19H26N4O4S/c1-5-26-17(24)11-15-13-28-19(21-15)22-20-12-14-7-6-8-16(25-4)18(14)27-10-9-23(2)3/h6-8,12-13H,5,9-11H2,1-4H3,(H,21,22). The number of thiazole rings is 1. The van der Waals surface area contributed by atoms with Gasteiger partial charge < -0.3 is 19.1 Å². The van der Waals surface area contributed by atoms with Crippen molar-refractivity contribution in [3.8, 4) is 11.5 Å². The van der Waals surface area contributed by atoms with Gasteiger partial charge in [-0.1, -0.05) is 6.07 Å². The summed E-state index contributed by atoms with van der Waals surface area (Å²) in [7, 11) is 5.58. The number of para-hydroxylation sites is 1. The number of rotatable bonds is 11. The van der Waals surface area contributed by atoms with Gasteiger partial charge in [0.05, 0.1) is 32.0 Å². The summed E-state index contributed by atoms with van der Waals surface area (Å²) in [5.41, 5.74) is 4.31. The van der Waals surface area contributed by atoms with Crippen LogP contribution in [0.2, 0.25) is 0 Å². The minimum Gasteiger partial charge on any atom is -0.493 e. The normalized spacial score (nSPS) is 11.0. The van der Waals surface area contributed by atoms with Crippen molar-refractivity contribution in [1.82, 2.24) is 9.88 Å². The van der Waals surface area contributed by atoms with Gasteiger partial charge in [-0.25, -0.2) is 4.98 Å². The van der Waals surface area contributed by atoms with Crippen molar-refractivity contribution in [1.29, 1.82) is 0 Å². The van der Waals surface area contributed by atoms with Crippen LogP contribution in [0.3, 0.4) is 0 Å². The number of ether oxygens (including phenoxy) is 3. The predicted molar refractivity (Wildman–Crippen MR) is 111 cm³/mol. The fraction of sp³-hybridized carbons (Fsp3) is 0.421. The zero-order chi connectivity index (χ0) is 20.4. The molecule has 1 aromatic carbocycles. The van der Waals surface area contributed by atoms with Crippen molar-refractivity contribution in [3.05, 3.63) is 34.8 Å². The number of nitrogens with zero attached hydrogens (tertiary/aromatic N) is 3. The molecule has 1 heterocycles. The number of nitrogens with one attached hydrogen (secondary N) is 1. The zero-order valence-electron chi connectivity index (χ0n) is 16.6. The highest BCUT2D eigenvalue weighted by atomic mass is 32.1. The molecule has 0 saturated carbocycles. The Bertz CT molecular complexity index is 792. The molecule has 8 nitrogen and oxygen atoms in total. The molecule has 0 amide bonds. The highest BCUT2D eigenvalue weighted by Crippen LogP contribution is 2.30. The van der Waals surface area contributed by atoms with Gasteiger partial charge in [-0.15, -0.1) is 11.3 Å². The molecule has 0 aliphatic carbocycles. The molecule has 28 heavy (non-hydrogen) atoms. The molecule has 0 unspecified atom stereocenters. The third kappa shape index (κ3) is 6.82. The van der Waals surface area contributed by atoms with Gasteiger partial charge in [-0.2, -0.15) is 5.10 Å². The van der Waals surface area contributed by atoms with Crippen LogP contribution in [-0.4, -0.2) is 63.0 Å². The Morgan fingerprint density at radius 1 is 1.39 bits per heavy atom. The fourth-order valence-electron chi connectivity index (χ4n) is 2.24. The van der Waals surface area contributed by atoms with Crippen molar-refractivity contribution < 1.29 is 19.0 Å². The van der Waals surface area contributed by atoms with Crippen LogP contribution in [0.1, 0.15) is 18.2 Å². The summed E-state index contributed by atoms with van der Waals surface area (Å²) in [6.45, 7) is 3.45. The molecule has 2 aromatic rings. The van der Waals surface area contributed by atoms with Gasteiger partial charge in [-0.3, -0.25) is 10.2 Å². The van der Waals surface area contributed by atoms with Crippen LogP contribution in [0.4, 0.5) is 5.13 Å². The maximum absolute atomic E-state index is 11.5. The number of esters is 1. The lowest BCUT2D eigenvalue weighted by molar-refractivity contribution is -0.142. The molecule has 0 fully saturated rings. The van der Waals surface area contributed by atoms with Crippen molar-refractivity contribution in [2.24, 2.45) is 5.10 Å². The van der Waals surface area contributed by atoms with Crippen molar-refractivity contribution in [2.75, 3.05) is 46.4 Å². The van der Waals surface area contributed by atoms with Gasteiger partial charge in [0.25, 0.3) is 0 Å². The van der Waals surface area contributed by atoms with E-state index in [1.165, 1.54) is 11.3 Å². The fourth-order valence-corrected chi connectivity index (χ4v) is 2.90.